The van der Waals surface area contributed by atoms with Crippen molar-refractivity contribution < 1.29 is 14.2 Å². The van der Waals surface area contributed by atoms with Crippen molar-refractivity contribution in [3.63, 3.8) is 0 Å². The fraction of sp³-hybridized carbons (Fsp3) is 0.368. The minimum absolute atomic E-state index is 0.149. The molecule has 326 valence electrons. The number of benzene rings is 6. The van der Waals surface area contributed by atoms with E-state index in [4.69, 9.17) is 14.2 Å². The van der Waals surface area contributed by atoms with E-state index < -0.39 is 0 Å². The summed E-state index contributed by atoms with van der Waals surface area (Å²) in [5.41, 5.74) is 14.5. The van der Waals surface area contributed by atoms with Crippen molar-refractivity contribution in [1.29, 1.82) is 0 Å². The summed E-state index contributed by atoms with van der Waals surface area (Å²) in [5.74, 6) is 1.97. The van der Waals surface area contributed by atoms with Gasteiger partial charge in [0, 0.05) is 63.8 Å². The minimum atomic E-state index is -0.219. The molecule has 0 bridgehead atoms. The van der Waals surface area contributed by atoms with Crippen LogP contribution < -0.4 is 19.3 Å². The van der Waals surface area contributed by atoms with Crippen LogP contribution in [0.5, 0.6) is 11.5 Å². The molecule has 3 heterocycles. The lowest BCUT2D eigenvalue weighted by Crippen LogP contribution is -2.33. The smallest absolute Gasteiger partial charge is 0.161 e. The van der Waals surface area contributed by atoms with Crippen LogP contribution in [0.15, 0.2) is 133 Å². The molecule has 6 aromatic rings. The van der Waals surface area contributed by atoms with Crippen LogP contribution in [0.2, 0.25) is 0 Å². The molecule has 63 heavy (non-hydrogen) atoms. The molecule has 0 atom stereocenters. The molecule has 0 unspecified atom stereocenters. The van der Waals surface area contributed by atoms with Crippen molar-refractivity contribution in [2.24, 2.45) is 0 Å². The fourth-order valence-electron chi connectivity index (χ4n) is 9.78. The van der Waals surface area contributed by atoms with Crippen molar-refractivity contribution in [3.05, 3.63) is 189 Å². The van der Waals surface area contributed by atoms with Crippen molar-refractivity contribution in [2.45, 2.75) is 96.6 Å². The quantitative estimate of drug-likeness (QED) is 0.137. The van der Waals surface area contributed by atoms with E-state index in [-0.39, 0.29) is 21.7 Å². The summed E-state index contributed by atoms with van der Waals surface area (Å²) in [4.78, 5) is 6.86. The lowest BCUT2D eigenvalue weighted by molar-refractivity contribution is 0.107. The van der Waals surface area contributed by atoms with Crippen molar-refractivity contribution in [2.75, 3.05) is 50.2 Å². The Morgan fingerprint density at radius 1 is 0.413 bits per heavy atom. The molecule has 6 nitrogen and oxygen atoms in total. The number of anilines is 2. The molecular formula is C57H65N3O3. The Labute approximate surface area is 376 Å². The number of nitrogens with zero attached hydrogens (tertiary/aromatic N) is 3. The van der Waals surface area contributed by atoms with Crippen LogP contribution >= 0.6 is 0 Å². The van der Waals surface area contributed by atoms with Crippen molar-refractivity contribution in [1.82, 2.24) is 4.90 Å². The monoisotopic (exact) mass is 840 g/mol. The Morgan fingerprint density at radius 2 is 0.825 bits per heavy atom. The summed E-state index contributed by atoms with van der Waals surface area (Å²) in [6, 6.07) is 50.1. The molecule has 1 saturated heterocycles. The molecule has 0 aliphatic carbocycles. The maximum absolute atomic E-state index is 6.41. The largest absolute Gasteiger partial charge is 0.478 e. The molecule has 9 rings (SSSR count). The summed E-state index contributed by atoms with van der Waals surface area (Å²) < 4.78 is 18.1. The first-order chi connectivity index (χ1) is 30.1. The van der Waals surface area contributed by atoms with Gasteiger partial charge in [-0.15, -0.1) is 0 Å². The topological polar surface area (TPSA) is 37.4 Å². The summed E-state index contributed by atoms with van der Waals surface area (Å²) in [6.45, 7) is 24.1. The first-order valence-corrected chi connectivity index (χ1v) is 22.8. The number of rotatable bonds is 10. The zero-order valence-corrected chi connectivity index (χ0v) is 38.9. The first kappa shape index (κ1) is 42.7. The second-order valence-corrected chi connectivity index (χ2v) is 20.3. The molecule has 1 fully saturated rings. The van der Waals surface area contributed by atoms with Gasteiger partial charge in [0.2, 0.25) is 0 Å². The van der Waals surface area contributed by atoms with Gasteiger partial charge in [0.15, 0.2) is 6.73 Å². The first-order valence-electron chi connectivity index (χ1n) is 22.8. The fourth-order valence-corrected chi connectivity index (χ4v) is 9.78. The Morgan fingerprint density at radius 3 is 1.30 bits per heavy atom. The van der Waals surface area contributed by atoms with Gasteiger partial charge in [-0.1, -0.05) is 140 Å². The van der Waals surface area contributed by atoms with Gasteiger partial charge in [-0.25, -0.2) is 0 Å². The molecule has 0 N–H and O–H groups in total. The van der Waals surface area contributed by atoms with Gasteiger partial charge >= 0.3 is 0 Å². The lowest BCUT2D eigenvalue weighted by Gasteiger charge is -2.34. The SMILES string of the molecule is CN1COc2ccc(C(C)(C)c3cccc(C(C)(C)c4ccc5c(c4)CN(c4ccc(C(C)(C)c6cccc(C(C)(C)c7ccc(N8CCCOC8)cc7)c6)cc4)CO5)c3)cc2C1. The maximum Gasteiger partial charge on any atom is 0.161 e. The van der Waals surface area contributed by atoms with Gasteiger partial charge in [0.1, 0.15) is 25.0 Å². The molecule has 3 aliphatic heterocycles. The zero-order chi connectivity index (χ0) is 44.1. The minimum Gasteiger partial charge on any atom is -0.478 e. The van der Waals surface area contributed by atoms with Gasteiger partial charge in [0.25, 0.3) is 0 Å². The molecular weight excluding hydrogens is 775 g/mol. The molecule has 6 heteroatoms. The predicted octanol–water partition coefficient (Wildman–Crippen LogP) is 12.3. The lowest BCUT2D eigenvalue weighted by atomic mass is 9.73. The molecule has 0 saturated carbocycles. The standard InChI is InChI=1S/C57H65N3O3/c1-54(2,42-17-23-50(24-18-42)59-29-12-30-61-38-59)44-13-10-14-45(33-44)55(3,4)43-19-25-51(26-20-43)60-36-41-32-49(22-28-53(41)63-39-60)57(7,8)47-16-11-15-46(34-47)56(5,6)48-21-27-52-40(31-48)35-58(9)37-62-52/h10-11,13-28,31-34H,12,29-30,35-39H2,1-9H3. The highest BCUT2D eigenvalue weighted by atomic mass is 16.5. The summed E-state index contributed by atoms with van der Waals surface area (Å²) in [5, 5.41) is 0. The molecule has 0 spiro atoms. The van der Waals surface area contributed by atoms with Crippen LogP contribution in [0.1, 0.15) is 117 Å². The second kappa shape index (κ2) is 16.5. The van der Waals surface area contributed by atoms with E-state index in [0.717, 1.165) is 49.8 Å². The van der Waals surface area contributed by atoms with Crippen LogP contribution in [-0.4, -0.2) is 45.3 Å². The average molecular weight is 840 g/mol. The number of hydrogen-bond donors (Lipinski definition) is 0. The van der Waals surface area contributed by atoms with E-state index in [1.165, 1.54) is 61.3 Å². The third-order valence-electron chi connectivity index (χ3n) is 14.7. The highest BCUT2D eigenvalue weighted by Gasteiger charge is 2.32. The van der Waals surface area contributed by atoms with Crippen LogP contribution in [0, 0.1) is 0 Å². The van der Waals surface area contributed by atoms with Gasteiger partial charge in [-0.05, 0) is 107 Å². The van der Waals surface area contributed by atoms with Gasteiger partial charge in [-0.3, -0.25) is 4.90 Å². The number of hydrogen-bond acceptors (Lipinski definition) is 6. The zero-order valence-electron chi connectivity index (χ0n) is 38.9. The van der Waals surface area contributed by atoms with E-state index in [1.54, 1.807) is 0 Å². The molecule has 3 aliphatic rings. The third-order valence-corrected chi connectivity index (χ3v) is 14.7. The highest BCUT2D eigenvalue weighted by Crippen LogP contribution is 2.42. The summed E-state index contributed by atoms with van der Waals surface area (Å²) in [7, 11) is 2.10. The van der Waals surface area contributed by atoms with Crippen LogP contribution in [0.4, 0.5) is 11.4 Å². The Hall–Kier alpha value is -5.56. The van der Waals surface area contributed by atoms with Crippen LogP contribution in [-0.2, 0) is 39.5 Å². The third kappa shape index (κ3) is 8.24. The highest BCUT2D eigenvalue weighted by molar-refractivity contribution is 5.56. The maximum atomic E-state index is 6.41. The van der Waals surface area contributed by atoms with Crippen LogP contribution in [0.25, 0.3) is 0 Å². The summed E-state index contributed by atoms with van der Waals surface area (Å²) in [6.07, 6.45) is 1.07. The predicted molar refractivity (Wildman–Crippen MR) is 259 cm³/mol. The van der Waals surface area contributed by atoms with Crippen molar-refractivity contribution in [3.8, 4) is 11.5 Å². The Kier molecular flexibility index (Phi) is 11.2. The average Bonchev–Trinajstić information content (AvgIpc) is 3.31. The van der Waals surface area contributed by atoms with E-state index in [1.807, 2.05) is 0 Å². The van der Waals surface area contributed by atoms with E-state index in [0.29, 0.717) is 20.2 Å². The second-order valence-electron chi connectivity index (χ2n) is 20.3. The normalized spacial score (nSPS) is 16.2. The molecule has 0 aromatic heterocycles. The van der Waals surface area contributed by atoms with Gasteiger partial charge in [-0.2, -0.15) is 0 Å². The van der Waals surface area contributed by atoms with Crippen molar-refractivity contribution >= 4 is 11.4 Å². The van der Waals surface area contributed by atoms with E-state index >= 15 is 0 Å². The number of ether oxygens (including phenoxy) is 3. The van der Waals surface area contributed by atoms with Gasteiger partial charge in [0.05, 0.1) is 6.61 Å². The summed E-state index contributed by atoms with van der Waals surface area (Å²) >= 11 is 0. The Balaban J connectivity index is 0.901. The Bertz CT molecular complexity index is 2580. The van der Waals surface area contributed by atoms with E-state index in [2.05, 4.69) is 211 Å². The van der Waals surface area contributed by atoms with E-state index in [9.17, 15) is 0 Å². The van der Waals surface area contributed by atoms with Crippen LogP contribution in [0.3, 0.4) is 0 Å². The molecule has 0 amide bonds. The molecule has 0 radical (unpaired) electrons. The van der Waals surface area contributed by atoms with Gasteiger partial charge < -0.3 is 24.0 Å². The number of fused-ring (bicyclic) bond motifs is 2. The molecule has 6 aromatic carbocycles.